The molecule has 2 aliphatic carbocycles. The van der Waals surface area contributed by atoms with E-state index >= 15 is 0 Å². The summed E-state index contributed by atoms with van der Waals surface area (Å²) in [4.78, 5) is 26.8. The molecule has 0 unspecified atom stereocenters. The Bertz CT molecular complexity index is 546. The van der Waals surface area contributed by atoms with Crippen molar-refractivity contribution in [2.45, 2.75) is 70.4 Å². The second kappa shape index (κ2) is 8.15. The van der Waals surface area contributed by atoms with Gasteiger partial charge in [-0.3, -0.25) is 9.59 Å². The highest BCUT2D eigenvalue weighted by atomic mass is 32.1. The molecule has 3 rings (SSSR count). The summed E-state index contributed by atoms with van der Waals surface area (Å²) in [5.74, 6) is 1.07. The molecule has 132 valence electrons. The lowest BCUT2D eigenvalue weighted by Crippen LogP contribution is -2.43. The van der Waals surface area contributed by atoms with Crippen LogP contribution in [0.2, 0.25) is 0 Å². The lowest BCUT2D eigenvalue weighted by molar-refractivity contribution is -0.135. The maximum Gasteiger partial charge on any atom is 0.252 e. The van der Waals surface area contributed by atoms with Gasteiger partial charge in [0.15, 0.2) is 0 Å². The van der Waals surface area contributed by atoms with Crippen LogP contribution in [0.3, 0.4) is 0 Å². The van der Waals surface area contributed by atoms with Gasteiger partial charge in [-0.05, 0) is 62.3 Å². The fourth-order valence-electron chi connectivity index (χ4n) is 3.65. The molecule has 1 aromatic heterocycles. The van der Waals surface area contributed by atoms with Gasteiger partial charge in [0.2, 0.25) is 5.91 Å². The zero-order valence-corrected chi connectivity index (χ0v) is 15.3. The Balaban J connectivity index is 1.42. The Morgan fingerprint density at radius 2 is 1.83 bits per heavy atom. The molecule has 0 spiro atoms. The zero-order chi connectivity index (χ0) is 16.9. The summed E-state index contributed by atoms with van der Waals surface area (Å²) in [5.41, 5.74) is 0.710. The molecule has 0 aromatic carbocycles. The van der Waals surface area contributed by atoms with E-state index in [1.807, 2.05) is 16.8 Å². The van der Waals surface area contributed by atoms with Gasteiger partial charge in [0.1, 0.15) is 0 Å². The van der Waals surface area contributed by atoms with Gasteiger partial charge in [-0.2, -0.15) is 11.3 Å². The predicted molar refractivity (Wildman–Crippen MR) is 97.2 cm³/mol. The van der Waals surface area contributed by atoms with Crippen LogP contribution in [0, 0.1) is 5.92 Å². The largest absolute Gasteiger partial charge is 0.352 e. The van der Waals surface area contributed by atoms with Crippen LogP contribution in [0.15, 0.2) is 16.8 Å². The molecule has 0 aliphatic heterocycles. The van der Waals surface area contributed by atoms with Crippen LogP contribution in [0.4, 0.5) is 0 Å². The zero-order valence-electron chi connectivity index (χ0n) is 14.5. The number of hydrogen-bond donors (Lipinski definition) is 1. The van der Waals surface area contributed by atoms with Crippen molar-refractivity contribution in [1.82, 2.24) is 10.2 Å². The van der Waals surface area contributed by atoms with Gasteiger partial charge in [0.05, 0.1) is 0 Å². The van der Waals surface area contributed by atoms with Gasteiger partial charge in [-0.1, -0.05) is 6.92 Å². The van der Waals surface area contributed by atoms with Crippen molar-refractivity contribution >= 4 is 23.2 Å². The van der Waals surface area contributed by atoms with E-state index in [2.05, 4.69) is 17.1 Å². The SMILES string of the molecule is CC1CCC(N(C(=O)CCCNC(=O)c2ccsc2)C2CC2)CC1. The molecule has 2 amide bonds. The number of rotatable bonds is 7. The van der Waals surface area contributed by atoms with E-state index < -0.39 is 0 Å². The van der Waals surface area contributed by atoms with E-state index in [-0.39, 0.29) is 5.91 Å². The van der Waals surface area contributed by atoms with E-state index in [4.69, 9.17) is 0 Å². The molecular formula is C19H28N2O2S. The summed E-state index contributed by atoms with van der Waals surface area (Å²) in [7, 11) is 0. The van der Waals surface area contributed by atoms with Crippen molar-refractivity contribution in [3.8, 4) is 0 Å². The van der Waals surface area contributed by atoms with Crippen LogP contribution in [0.25, 0.3) is 0 Å². The van der Waals surface area contributed by atoms with Crippen molar-refractivity contribution in [3.05, 3.63) is 22.4 Å². The summed E-state index contributed by atoms with van der Waals surface area (Å²) in [6, 6.07) is 2.78. The standard InChI is InChI=1S/C19H28N2O2S/c1-14-4-6-16(7-5-14)21(17-8-9-17)18(22)3-2-11-20-19(23)15-10-12-24-13-15/h10,12-14,16-17H,2-9,11H2,1H3,(H,20,23). The molecule has 2 saturated carbocycles. The Hall–Kier alpha value is -1.36. The van der Waals surface area contributed by atoms with E-state index in [0.717, 1.165) is 25.2 Å². The minimum absolute atomic E-state index is 0.0379. The number of carbonyl (C=O) groups is 2. The number of nitrogens with one attached hydrogen (secondary N) is 1. The summed E-state index contributed by atoms with van der Waals surface area (Å²) < 4.78 is 0. The Labute approximate surface area is 148 Å². The molecule has 4 nitrogen and oxygen atoms in total. The van der Waals surface area contributed by atoms with Gasteiger partial charge < -0.3 is 10.2 Å². The van der Waals surface area contributed by atoms with Gasteiger partial charge in [0.25, 0.3) is 5.91 Å². The molecule has 24 heavy (non-hydrogen) atoms. The number of nitrogens with zero attached hydrogens (tertiary/aromatic N) is 1. The van der Waals surface area contributed by atoms with E-state index in [9.17, 15) is 9.59 Å². The average Bonchev–Trinajstić information content (AvgIpc) is 3.24. The average molecular weight is 349 g/mol. The van der Waals surface area contributed by atoms with Crippen LogP contribution < -0.4 is 5.32 Å². The van der Waals surface area contributed by atoms with Crippen LogP contribution in [-0.4, -0.2) is 35.3 Å². The second-order valence-corrected chi connectivity index (χ2v) is 8.10. The van der Waals surface area contributed by atoms with E-state index in [1.165, 1.54) is 37.0 Å². The molecule has 2 aliphatic rings. The smallest absolute Gasteiger partial charge is 0.252 e. The molecular weight excluding hydrogens is 320 g/mol. The summed E-state index contributed by atoms with van der Waals surface area (Å²) >= 11 is 1.52. The number of hydrogen-bond acceptors (Lipinski definition) is 3. The van der Waals surface area contributed by atoms with Crippen LogP contribution in [-0.2, 0) is 4.79 Å². The number of thiophene rings is 1. The highest BCUT2D eigenvalue weighted by Crippen LogP contribution is 2.35. The summed E-state index contributed by atoms with van der Waals surface area (Å²) in [5, 5.41) is 6.65. The lowest BCUT2D eigenvalue weighted by Gasteiger charge is -2.36. The minimum atomic E-state index is -0.0379. The molecule has 1 aromatic rings. The summed E-state index contributed by atoms with van der Waals surface area (Å²) in [6.07, 6.45) is 8.44. The third-order valence-electron chi connectivity index (χ3n) is 5.24. The monoisotopic (exact) mass is 348 g/mol. The Morgan fingerprint density at radius 1 is 1.17 bits per heavy atom. The minimum Gasteiger partial charge on any atom is -0.352 e. The topological polar surface area (TPSA) is 49.4 Å². The Kier molecular flexibility index (Phi) is 5.93. The fourth-order valence-corrected chi connectivity index (χ4v) is 4.28. The van der Waals surface area contributed by atoms with Crippen molar-refractivity contribution in [2.24, 2.45) is 5.92 Å². The molecule has 1 heterocycles. The predicted octanol–water partition coefficient (Wildman–Crippen LogP) is 3.83. The van der Waals surface area contributed by atoms with Crippen molar-refractivity contribution in [3.63, 3.8) is 0 Å². The van der Waals surface area contributed by atoms with Crippen molar-refractivity contribution < 1.29 is 9.59 Å². The molecule has 1 N–H and O–H groups in total. The molecule has 0 atom stereocenters. The maximum absolute atomic E-state index is 12.7. The van der Waals surface area contributed by atoms with E-state index in [1.54, 1.807) is 0 Å². The maximum atomic E-state index is 12.7. The molecule has 5 heteroatoms. The van der Waals surface area contributed by atoms with E-state index in [0.29, 0.717) is 36.5 Å². The molecule has 0 bridgehead atoms. The summed E-state index contributed by atoms with van der Waals surface area (Å²) in [6.45, 7) is 2.89. The molecule has 0 saturated heterocycles. The van der Waals surface area contributed by atoms with Crippen LogP contribution in [0.1, 0.15) is 68.6 Å². The Morgan fingerprint density at radius 3 is 2.42 bits per heavy atom. The third-order valence-corrected chi connectivity index (χ3v) is 5.93. The van der Waals surface area contributed by atoms with Crippen molar-refractivity contribution in [2.75, 3.05) is 6.54 Å². The molecule has 2 fully saturated rings. The highest BCUT2D eigenvalue weighted by molar-refractivity contribution is 7.08. The first kappa shape index (κ1) is 17.5. The quantitative estimate of drug-likeness (QED) is 0.761. The normalized spacial score (nSPS) is 23.7. The van der Waals surface area contributed by atoms with Crippen LogP contribution in [0.5, 0.6) is 0 Å². The first-order valence-corrected chi connectivity index (χ1v) is 10.2. The van der Waals surface area contributed by atoms with Gasteiger partial charge in [0, 0.05) is 36.0 Å². The molecule has 0 radical (unpaired) electrons. The third kappa shape index (κ3) is 4.59. The lowest BCUT2D eigenvalue weighted by atomic mass is 9.86. The number of carbonyl (C=O) groups excluding carboxylic acids is 2. The van der Waals surface area contributed by atoms with Crippen LogP contribution >= 0.6 is 11.3 Å². The van der Waals surface area contributed by atoms with Crippen molar-refractivity contribution in [1.29, 1.82) is 0 Å². The van der Waals surface area contributed by atoms with Gasteiger partial charge in [-0.15, -0.1) is 0 Å². The van der Waals surface area contributed by atoms with Gasteiger partial charge in [-0.25, -0.2) is 0 Å². The van der Waals surface area contributed by atoms with Gasteiger partial charge >= 0.3 is 0 Å². The first-order chi connectivity index (χ1) is 11.6. The second-order valence-electron chi connectivity index (χ2n) is 7.32. The first-order valence-electron chi connectivity index (χ1n) is 9.26. The number of amides is 2. The fraction of sp³-hybridized carbons (Fsp3) is 0.684. The highest BCUT2D eigenvalue weighted by Gasteiger charge is 2.37.